The average Bonchev–Trinajstić information content (AvgIpc) is 2.67. The summed E-state index contributed by atoms with van der Waals surface area (Å²) in [5.41, 5.74) is 0. The number of likely N-dealkylation sites (tertiary alicyclic amines) is 1. The van der Waals surface area contributed by atoms with Gasteiger partial charge in [-0.15, -0.1) is 0 Å². The van der Waals surface area contributed by atoms with Crippen molar-refractivity contribution in [3.63, 3.8) is 0 Å². The fourth-order valence-corrected chi connectivity index (χ4v) is 2.86. The van der Waals surface area contributed by atoms with Crippen molar-refractivity contribution in [2.75, 3.05) is 27.2 Å². The molecule has 2 aliphatic heterocycles. The number of hydrogen-bond acceptors (Lipinski definition) is 4. The standard InChI is InChI=1S/C13H22N2O3/c1-9-8-11(13(17)18-9)15-6-4-10(5-7-15)12(16)14(2)3/h9-11H,4-8H2,1-3H3. The second-order valence-corrected chi connectivity index (χ2v) is 5.54. The summed E-state index contributed by atoms with van der Waals surface area (Å²) in [6, 6.07) is -0.0876. The molecular weight excluding hydrogens is 232 g/mol. The quantitative estimate of drug-likeness (QED) is 0.673. The number of piperidine rings is 1. The molecule has 2 rings (SSSR count). The lowest BCUT2D eigenvalue weighted by Crippen LogP contribution is -2.46. The third-order valence-electron chi connectivity index (χ3n) is 3.90. The van der Waals surface area contributed by atoms with Gasteiger partial charge in [0.2, 0.25) is 5.91 Å². The summed E-state index contributed by atoms with van der Waals surface area (Å²) < 4.78 is 5.18. The first-order chi connectivity index (χ1) is 8.49. The van der Waals surface area contributed by atoms with Crippen LogP contribution in [0, 0.1) is 5.92 Å². The van der Waals surface area contributed by atoms with E-state index in [1.54, 1.807) is 19.0 Å². The smallest absolute Gasteiger partial charge is 0.323 e. The lowest BCUT2D eigenvalue weighted by atomic mass is 9.94. The molecule has 1 amide bonds. The van der Waals surface area contributed by atoms with Gasteiger partial charge in [0.25, 0.3) is 0 Å². The predicted molar refractivity (Wildman–Crippen MR) is 67.0 cm³/mol. The maximum Gasteiger partial charge on any atom is 0.323 e. The Morgan fingerprint density at radius 1 is 1.33 bits per heavy atom. The minimum Gasteiger partial charge on any atom is -0.461 e. The number of ether oxygens (including phenoxy) is 1. The van der Waals surface area contributed by atoms with Crippen LogP contribution in [0.25, 0.3) is 0 Å². The van der Waals surface area contributed by atoms with Crippen molar-refractivity contribution >= 4 is 11.9 Å². The molecule has 2 heterocycles. The summed E-state index contributed by atoms with van der Waals surface area (Å²) >= 11 is 0. The van der Waals surface area contributed by atoms with Gasteiger partial charge in [-0.2, -0.15) is 0 Å². The van der Waals surface area contributed by atoms with E-state index >= 15 is 0 Å². The molecule has 0 saturated carbocycles. The van der Waals surface area contributed by atoms with Crippen LogP contribution in [0.3, 0.4) is 0 Å². The molecule has 0 aromatic rings. The Labute approximate surface area is 108 Å². The number of rotatable bonds is 2. The van der Waals surface area contributed by atoms with E-state index in [4.69, 9.17) is 4.74 Å². The van der Waals surface area contributed by atoms with Crippen molar-refractivity contribution < 1.29 is 14.3 Å². The zero-order valence-electron chi connectivity index (χ0n) is 11.4. The maximum absolute atomic E-state index is 11.9. The molecule has 5 nitrogen and oxygen atoms in total. The van der Waals surface area contributed by atoms with E-state index < -0.39 is 0 Å². The molecule has 0 spiro atoms. The largest absolute Gasteiger partial charge is 0.461 e. The number of amides is 1. The topological polar surface area (TPSA) is 49.9 Å². The van der Waals surface area contributed by atoms with Crippen LogP contribution in [-0.2, 0) is 14.3 Å². The van der Waals surface area contributed by atoms with E-state index in [2.05, 4.69) is 4.90 Å². The highest BCUT2D eigenvalue weighted by Gasteiger charge is 2.38. The van der Waals surface area contributed by atoms with Gasteiger partial charge in [-0.05, 0) is 32.9 Å². The van der Waals surface area contributed by atoms with Crippen molar-refractivity contribution in [3.05, 3.63) is 0 Å². The third kappa shape index (κ3) is 2.66. The maximum atomic E-state index is 11.9. The first kappa shape index (κ1) is 13.3. The molecule has 0 aliphatic carbocycles. The van der Waals surface area contributed by atoms with Crippen LogP contribution in [0.4, 0.5) is 0 Å². The van der Waals surface area contributed by atoms with Crippen molar-refractivity contribution in [3.8, 4) is 0 Å². The van der Waals surface area contributed by atoms with Gasteiger partial charge < -0.3 is 9.64 Å². The van der Waals surface area contributed by atoms with Crippen LogP contribution in [0.1, 0.15) is 26.2 Å². The second-order valence-electron chi connectivity index (χ2n) is 5.54. The highest BCUT2D eigenvalue weighted by Crippen LogP contribution is 2.26. The molecule has 2 aliphatic rings. The van der Waals surface area contributed by atoms with Crippen LogP contribution >= 0.6 is 0 Å². The summed E-state index contributed by atoms with van der Waals surface area (Å²) in [6.45, 7) is 3.56. The molecule has 5 heteroatoms. The lowest BCUT2D eigenvalue weighted by Gasteiger charge is -2.34. The first-order valence-corrected chi connectivity index (χ1v) is 6.64. The van der Waals surface area contributed by atoms with Crippen molar-refractivity contribution in [2.45, 2.75) is 38.3 Å². The molecule has 0 N–H and O–H groups in total. The number of esters is 1. The molecule has 0 aromatic heterocycles. The van der Waals surface area contributed by atoms with Crippen molar-refractivity contribution in [2.24, 2.45) is 5.92 Å². The van der Waals surface area contributed by atoms with Crippen LogP contribution in [0.5, 0.6) is 0 Å². The fraction of sp³-hybridized carbons (Fsp3) is 0.846. The van der Waals surface area contributed by atoms with E-state index in [0.717, 1.165) is 32.4 Å². The lowest BCUT2D eigenvalue weighted by molar-refractivity contribution is -0.145. The number of hydrogen-bond donors (Lipinski definition) is 0. The van der Waals surface area contributed by atoms with Crippen LogP contribution in [-0.4, -0.2) is 61.0 Å². The van der Waals surface area contributed by atoms with Gasteiger partial charge in [0.15, 0.2) is 0 Å². The van der Waals surface area contributed by atoms with Gasteiger partial charge in [0.05, 0.1) is 0 Å². The summed E-state index contributed by atoms with van der Waals surface area (Å²) in [4.78, 5) is 27.4. The van der Waals surface area contributed by atoms with Gasteiger partial charge in [-0.1, -0.05) is 0 Å². The molecular formula is C13H22N2O3. The second kappa shape index (κ2) is 5.26. The summed E-state index contributed by atoms with van der Waals surface area (Å²) in [7, 11) is 3.59. The Balaban J connectivity index is 1.87. The highest BCUT2D eigenvalue weighted by atomic mass is 16.6. The zero-order valence-corrected chi connectivity index (χ0v) is 11.4. The Bertz CT molecular complexity index is 335. The predicted octanol–water partition coefficient (Wildman–Crippen LogP) is 0.491. The molecule has 0 bridgehead atoms. The normalized spacial score (nSPS) is 30.3. The van der Waals surface area contributed by atoms with Crippen LogP contribution in [0.2, 0.25) is 0 Å². The monoisotopic (exact) mass is 254 g/mol. The SMILES string of the molecule is CC1CC(N2CCC(C(=O)N(C)C)CC2)C(=O)O1. The van der Waals surface area contributed by atoms with Gasteiger partial charge in [-0.3, -0.25) is 14.5 Å². The zero-order chi connectivity index (χ0) is 13.3. The van der Waals surface area contributed by atoms with Gasteiger partial charge in [0, 0.05) is 26.4 Å². The first-order valence-electron chi connectivity index (χ1n) is 6.64. The molecule has 2 atom stereocenters. The van der Waals surface area contributed by atoms with E-state index in [-0.39, 0.29) is 29.9 Å². The van der Waals surface area contributed by atoms with Gasteiger partial charge in [0.1, 0.15) is 12.1 Å². The molecule has 2 unspecified atom stereocenters. The third-order valence-corrected chi connectivity index (χ3v) is 3.90. The molecule has 18 heavy (non-hydrogen) atoms. The molecule has 2 fully saturated rings. The molecule has 0 radical (unpaired) electrons. The number of carbonyl (C=O) groups excluding carboxylic acids is 2. The number of nitrogens with zero attached hydrogens (tertiary/aromatic N) is 2. The summed E-state index contributed by atoms with van der Waals surface area (Å²) in [6.07, 6.45) is 2.50. The van der Waals surface area contributed by atoms with Crippen molar-refractivity contribution in [1.82, 2.24) is 9.80 Å². The number of carbonyl (C=O) groups is 2. The highest BCUT2D eigenvalue weighted by molar-refractivity contribution is 5.79. The summed E-state index contributed by atoms with van der Waals surface area (Å²) in [5.74, 6) is 0.225. The Morgan fingerprint density at radius 3 is 2.39 bits per heavy atom. The minimum atomic E-state index is -0.0973. The molecule has 102 valence electrons. The minimum absolute atomic E-state index is 0.0311. The van der Waals surface area contributed by atoms with E-state index in [1.165, 1.54) is 0 Å². The van der Waals surface area contributed by atoms with Crippen molar-refractivity contribution in [1.29, 1.82) is 0 Å². The fourth-order valence-electron chi connectivity index (χ4n) is 2.86. The average molecular weight is 254 g/mol. The molecule has 0 aromatic carbocycles. The summed E-state index contributed by atoms with van der Waals surface area (Å²) in [5, 5.41) is 0. The molecule has 2 saturated heterocycles. The Kier molecular flexibility index (Phi) is 3.90. The Hall–Kier alpha value is -1.10. The number of cyclic esters (lactones) is 1. The van der Waals surface area contributed by atoms with Crippen LogP contribution < -0.4 is 0 Å². The van der Waals surface area contributed by atoms with E-state index in [9.17, 15) is 9.59 Å². The van der Waals surface area contributed by atoms with Crippen LogP contribution in [0.15, 0.2) is 0 Å². The Morgan fingerprint density at radius 2 is 1.94 bits per heavy atom. The van der Waals surface area contributed by atoms with E-state index in [0.29, 0.717) is 0 Å². The van der Waals surface area contributed by atoms with Gasteiger partial charge >= 0.3 is 5.97 Å². The van der Waals surface area contributed by atoms with E-state index in [1.807, 2.05) is 6.92 Å². The van der Waals surface area contributed by atoms with Gasteiger partial charge in [-0.25, -0.2) is 0 Å².